The second-order valence-corrected chi connectivity index (χ2v) is 9.53. The molecule has 2 aliphatic rings. The average Bonchev–Trinajstić information content (AvgIpc) is 3.35. The summed E-state index contributed by atoms with van der Waals surface area (Å²) >= 11 is 1.52. The van der Waals surface area contributed by atoms with Gasteiger partial charge in [0.2, 0.25) is 0 Å². The van der Waals surface area contributed by atoms with Gasteiger partial charge in [-0.3, -0.25) is 0 Å². The summed E-state index contributed by atoms with van der Waals surface area (Å²) in [5.74, 6) is 0.196. The molecule has 4 heterocycles. The van der Waals surface area contributed by atoms with Crippen molar-refractivity contribution in [1.29, 1.82) is 0 Å². The first-order chi connectivity index (χ1) is 13.4. The van der Waals surface area contributed by atoms with Crippen LogP contribution in [0.2, 0.25) is 0 Å². The van der Waals surface area contributed by atoms with Crippen LogP contribution in [0.1, 0.15) is 44.5 Å². The van der Waals surface area contributed by atoms with Crippen LogP contribution in [0.5, 0.6) is 5.75 Å². The number of piperidine rings is 1. The van der Waals surface area contributed by atoms with Crippen LogP contribution in [-0.4, -0.2) is 35.9 Å². The highest BCUT2D eigenvalue weighted by Crippen LogP contribution is 2.45. The summed E-state index contributed by atoms with van der Waals surface area (Å²) in [6.45, 7) is 4.63. The van der Waals surface area contributed by atoms with Crippen LogP contribution in [-0.2, 0) is 0 Å². The normalized spacial score (nSPS) is 28.1. The topological polar surface area (TPSA) is 75.9 Å². The Kier molecular flexibility index (Phi) is 3.93. The zero-order chi connectivity index (χ0) is 19.4. The third-order valence-corrected chi connectivity index (χ3v) is 6.75. The van der Waals surface area contributed by atoms with Crippen molar-refractivity contribution in [2.45, 2.75) is 50.6 Å². The summed E-state index contributed by atoms with van der Waals surface area (Å²) in [7, 11) is 0. The molecule has 2 fully saturated rings. The summed E-state index contributed by atoms with van der Waals surface area (Å²) in [5, 5.41) is 24.6. The molecule has 0 saturated carbocycles. The molecule has 6 nitrogen and oxygen atoms in total. The Morgan fingerprint density at radius 1 is 1.18 bits per heavy atom. The van der Waals surface area contributed by atoms with Crippen LogP contribution < -0.4 is 5.32 Å². The summed E-state index contributed by atoms with van der Waals surface area (Å²) in [6.07, 6.45) is 12.0. The van der Waals surface area contributed by atoms with Gasteiger partial charge in [-0.05, 0) is 57.7 Å². The fourth-order valence-electron chi connectivity index (χ4n) is 4.69. The highest BCUT2D eigenvalue weighted by atomic mass is 32.1. The summed E-state index contributed by atoms with van der Waals surface area (Å²) in [5.41, 5.74) is 3.40. The molecule has 2 aromatic heterocycles. The van der Waals surface area contributed by atoms with Gasteiger partial charge in [-0.1, -0.05) is 16.9 Å². The number of nitrogens with zero attached hydrogens (tertiary/aromatic N) is 4. The first kappa shape index (κ1) is 17.6. The van der Waals surface area contributed by atoms with Gasteiger partial charge in [0.15, 0.2) is 5.01 Å². The molecule has 2 saturated heterocycles. The number of hydrogen-bond acceptors (Lipinski definition) is 6. The van der Waals surface area contributed by atoms with Gasteiger partial charge >= 0.3 is 0 Å². The molecule has 0 spiro atoms. The van der Waals surface area contributed by atoms with Crippen LogP contribution in [0.4, 0.5) is 0 Å². The van der Waals surface area contributed by atoms with Gasteiger partial charge in [0.25, 0.3) is 0 Å². The molecular weight excluding hydrogens is 370 g/mol. The van der Waals surface area contributed by atoms with Crippen LogP contribution >= 0.6 is 11.3 Å². The lowest BCUT2D eigenvalue weighted by molar-refractivity contribution is 0.282. The maximum atomic E-state index is 10.5. The maximum absolute atomic E-state index is 10.5. The predicted molar refractivity (Wildman–Crippen MR) is 111 cm³/mol. The van der Waals surface area contributed by atoms with Crippen LogP contribution in [0.15, 0.2) is 42.5 Å². The Balaban J connectivity index is 1.41. The quantitative estimate of drug-likeness (QED) is 0.698. The Hall–Kier alpha value is -2.51. The maximum Gasteiger partial charge on any atom is 0.151 e. The standard InChI is InChI=1S/C21H23N5OS/c1-20-5-6-21(2,25-20)12-14(11-20)9-18-23-24-19(28-18)16-4-3-15(10-17(16)27)26-8-7-22-13-26/h3-4,7-10,13,25,27H,5-6,11-12H2,1-2H3/b14-9-/t20-,21+/m1/s1. The van der Waals surface area contributed by atoms with E-state index in [1.165, 1.54) is 29.8 Å². The number of hydrogen-bond donors (Lipinski definition) is 2. The Morgan fingerprint density at radius 2 is 1.96 bits per heavy atom. The van der Waals surface area contributed by atoms with Gasteiger partial charge in [-0.2, -0.15) is 0 Å². The summed E-state index contributed by atoms with van der Waals surface area (Å²) in [6, 6.07) is 5.56. The highest BCUT2D eigenvalue weighted by molar-refractivity contribution is 7.15. The first-order valence-corrected chi connectivity index (χ1v) is 10.4. The minimum absolute atomic E-state index is 0.196. The number of aromatic hydroxyl groups is 1. The SMILES string of the molecule is C[C@]12CC[C@](C)(C/C(=C/c3nnc(-c4ccc(-n5ccnc5)cc4O)s3)C1)N2. The van der Waals surface area contributed by atoms with E-state index in [4.69, 9.17) is 0 Å². The highest BCUT2D eigenvalue weighted by Gasteiger charge is 2.46. The van der Waals surface area contributed by atoms with Crippen LogP contribution in [0, 0.1) is 0 Å². The molecule has 2 N–H and O–H groups in total. The first-order valence-electron chi connectivity index (χ1n) is 9.56. The van der Waals surface area contributed by atoms with E-state index in [-0.39, 0.29) is 16.8 Å². The van der Waals surface area contributed by atoms with Crippen molar-refractivity contribution in [3.8, 4) is 22.0 Å². The molecule has 0 amide bonds. The van der Waals surface area contributed by atoms with Crippen molar-refractivity contribution in [1.82, 2.24) is 25.1 Å². The van der Waals surface area contributed by atoms with Crippen molar-refractivity contribution in [3.05, 3.63) is 47.5 Å². The third kappa shape index (κ3) is 3.14. The molecule has 2 bridgehead atoms. The summed E-state index contributed by atoms with van der Waals surface area (Å²) < 4.78 is 1.85. The lowest BCUT2D eigenvalue weighted by atomic mass is 9.84. The van der Waals surface area contributed by atoms with E-state index in [2.05, 4.69) is 40.4 Å². The van der Waals surface area contributed by atoms with Gasteiger partial charge in [0, 0.05) is 29.5 Å². The minimum Gasteiger partial charge on any atom is -0.507 e. The van der Waals surface area contributed by atoms with Crippen molar-refractivity contribution in [2.75, 3.05) is 0 Å². The molecule has 0 aliphatic carbocycles. The van der Waals surface area contributed by atoms with Crippen molar-refractivity contribution in [3.63, 3.8) is 0 Å². The van der Waals surface area contributed by atoms with E-state index >= 15 is 0 Å². The predicted octanol–water partition coefficient (Wildman–Crippen LogP) is 4.17. The van der Waals surface area contributed by atoms with E-state index in [1.807, 2.05) is 22.9 Å². The number of phenolic OH excluding ortho intramolecular Hbond substituents is 1. The third-order valence-electron chi connectivity index (χ3n) is 5.85. The fraction of sp³-hybridized carbons (Fsp3) is 0.381. The van der Waals surface area contributed by atoms with Gasteiger partial charge in [0.05, 0.1) is 17.6 Å². The van der Waals surface area contributed by atoms with Crippen molar-refractivity contribution in [2.24, 2.45) is 0 Å². The monoisotopic (exact) mass is 393 g/mol. The number of imidazole rings is 1. The molecular formula is C21H23N5OS. The lowest BCUT2D eigenvalue weighted by Gasteiger charge is -2.38. The average molecular weight is 394 g/mol. The van der Waals surface area contributed by atoms with Gasteiger partial charge in [-0.25, -0.2) is 4.98 Å². The lowest BCUT2D eigenvalue weighted by Crippen LogP contribution is -2.51. The molecule has 28 heavy (non-hydrogen) atoms. The zero-order valence-electron chi connectivity index (χ0n) is 16.0. The second kappa shape index (κ2) is 6.25. The number of aromatic nitrogens is 4. The number of rotatable bonds is 3. The van der Waals surface area contributed by atoms with Crippen molar-refractivity contribution >= 4 is 17.4 Å². The number of phenols is 1. The molecule has 144 valence electrons. The van der Waals surface area contributed by atoms with Crippen molar-refractivity contribution < 1.29 is 5.11 Å². The smallest absolute Gasteiger partial charge is 0.151 e. The molecule has 3 aromatic rings. The number of fused-ring (bicyclic) bond motifs is 2. The molecule has 5 rings (SSSR count). The Morgan fingerprint density at radius 3 is 2.64 bits per heavy atom. The Bertz CT molecular complexity index is 1040. The van der Waals surface area contributed by atoms with Gasteiger partial charge in [0.1, 0.15) is 10.8 Å². The van der Waals surface area contributed by atoms with Crippen LogP contribution in [0.3, 0.4) is 0 Å². The zero-order valence-corrected chi connectivity index (χ0v) is 16.8. The minimum atomic E-state index is 0.196. The van der Waals surface area contributed by atoms with Gasteiger partial charge < -0.3 is 15.0 Å². The van der Waals surface area contributed by atoms with E-state index < -0.39 is 0 Å². The van der Waals surface area contributed by atoms with E-state index in [0.717, 1.165) is 28.5 Å². The molecule has 1 aromatic carbocycles. The summed E-state index contributed by atoms with van der Waals surface area (Å²) in [4.78, 5) is 4.04. The molecule has 0 radical (unpaired) electrons. The molecule has 2 atom stereocenters. The largest absolute Gasteiger partial charge is 0.507 e. The fourth-order valence-corrected chi connectivity index (χ4v) is 5.56. The van der Waals surface area contributed by atoms with E-state index in [9.17, 15) is 5.11 Å². The van der Waals surface area contributed by atoms with Crippen LogP contribution in [0.25, 0.3) is 22.3 Å². The number of benzene rings is 1. The number of nitrogens with one attached hydrogen (secondary N) is 1. The Labute approximate surface area is 168 Å². The molecule has 0 unspecified atom stereocenters. The van der Waals surface area contributed by atoms with E-state index in [0.29, 0.717) is 5.56 Å². The second-order valence-electron chi connectivity index (χ2n) is 8.52. The molecule has 7 heteroatoms. The molecule has 2 aliphatic heterocycles. The van der Waals surface area contributed by atoms with E-state index in [1.54, 1.807) is 18.6 Å². The van der Waals surface area contributed by atoms with Gasteiger partial charge in [-0.15, -0.1) is 10.2 Å².